The molecule has 184 valence electrons. The van der Waals surface area contributed by atoms with Crippen molar-refractivity contribution in [3.63, 3.8) is 0 Å². The van der Waals surface area contributed by atoms with Crippen LogP contribution in [0.1, 0.15) is 91.9 Å². The third-order valence-electron chi connectivity index (χ3n) is 12.0. The molecule has 2 heterocycles. The Kier molecular flexibility index (Phi) is 5.18. The van der Waals surface area contributed by atoms with E-state index in [1.807, 2.05) is 0 Å². The highest BCUT2D eigenvalue weighted by molar-refractivity contribution is 5.66. The molecule has 2 aliphatic heterocycles. The van der Waals surface area contributed by atoms with Crippen LogP contribution in [0.15, 0.2) is 12.2 Å². The number of hydrogen-bond donors (Lipinski definition) is 0. The molecule has 11 atom stereocenters. The molecule has 33 heavy (non-hydrogen) atoms. The molecule has 6 aliphatic rings. The number of rotatable bonds is 1. The normalized spacial score (nSPS) is 55.5. The van der Waals surface area contributed by atoms with Crippen molar-refractivity contribution in [2.24, 2.45) is 46.3 Å². The smallest absolute Gasteiger partial charge is 0.302 e. The van der Waals surface area contributed by atoms with E-state index in [1.165, 1.54) is 44.1 Å². The summed E-state index contributed by atoms with van der Waals surface area (Å²) in [6.45, 7) is 14.0. The standard InChI is InChI=1S/C29H44O4/c1-17-8-13-29(31-16-17)18(2)26-25(33-29)15-24-22-7-6-20-14-21(32-19(3)30)9-11-27(20,4)23(22)10-12-28(24,26)5/h18,20-26H,1,6-16H2,2-5H3. The van der Waals surface area contributed by atoms with Gasteiger partial charge in [-0.05, 0) is 98.2 Å². The van der Waals surface area contributed by atoms with E-state index >= 15 is 0 Å². The summed E-state index contributed by atoms with van der Waals surface area (Å²) in [5, 5.41) is 0. The number of carbonyl (C=O) groups is 1. The third kappa shape index (κ3) is 3.18. The summed E-state index contributed by atoms with van der Waals surface area (Å²) in [5.74, 6) is 3.78. The van der Waals surface area contributed by atoms with Gasteiger partial charge in [-0.3, -0.25) is 4.79 Å². The summed E-state index contributed by atoms with van der Waals surface area (Å²) in [7, 11) is 0. The Labute approximate surface area is 200 Å². The van der Waals surface area contributed by atoms with Crippen molar-refractivity contribution in [1.82, 2.24) is 0 Å². The molecule has 2 saturated heterocycles. The number of ether oxygens (including phenoxy) is 3. The van der Waals surface area contributed by atoms with Gasteiger partial charge < -0.3 is 14.2 Å². The molecule has 0 aromatic carbocycles. The van der Waals surface area contributed by atoms with Gasteiger partial charge in [0.2, 0.25) is 0 Å². The predicted molar refractivity (Wildman–Crippen MR) is 127 cm³/mol. The molecule has 0 aromatic rings. The maximum absolute atomic E-state index is 11.5. The van der Waals surface area contributed by atoms with Crippen molar-refractivity contribution in [2.75, 3.05) is 6.61 Å². The quantitative estimate of drug-likeness (QED) is 0.344. The molecule has 4 heteroatoms. The lowest BCUT2D eigenvalue weighted by atomic mass is 9.44. The highest BCUT2D eigenvalue weighted by Gasteiger charge is 2.69. The lowest BCUT2D eigenvalue weighted by Gasteiger charge is -2.61. The summed E-state index contributed by atoms with van der Waals surface area (Å²) < 4.78 is 18.9. The summed E-state index contributed by atoms with van der Waals surface area (Å²) in [6, 6.07) is 0. The van der Waals surface area contributed by atoms with E-state index in [2.05, 4.69) is 27.4 Å². The Morgan fingerprint density at radius 2 is 1.82 bits per heavy atom. The fraction of sp³-hybridized carbons (Fsp3) is 0.897. The average Bonchev–Trinajstić information content (AvgIpc) is 3.21. The molecule has 4 saturated carbocycles. The Morgan fingerprint density at radius 3 is 2.55 bits per heavy atom. The average molecular weight is 457 g/mol. The summed E-state index contributed by atoms with van der Waals surface area (Å²) in [5.41, 5.74) is 2.01. The Hall–Kier alpha value is -0.870. The van der Waals surface area contributed by atoms with E-state index in [0.29, 0.717) is 41.3 Å². The van der Waals surface area contributed by atoms with E-state index in [1.54, 1.807) is 6.92 Å². The minimum atomic E-state index is -0.361. The van der Waals surface area contributed by atoms with Crippen LogP contribution in [0.3, 0.4) is 0 Å². The van der Waals surface area contributed by atoms with E-state index in [9.17, 15) is 4.79 Å². The molecule has 11 unspecified atom stereocenters. The van der Waals surface area contributed by atoms with Crippen molar-refractivity contribution in [3.8, 4) is 0 Å². The maximum Gasteiger partial charge on any atom is 0.302 e. The fourth-order valence-corrected chi connectivity index (χ4v) is 10.4. The van der Waals surface area contributed by atoms with Crippen LogP contribution in [0.4, 0.5) is 0 Å². The van der Waals surface area contributed by atoms with Gasteiger partial charge in [0.05, 0.1) is 12.7 Å². The zero-order chi connectivity index (χ0) is 23.2. The maximum atomic E-state index is 11.5. The molecule has 6 fully saturated rings. The van der Waals surface area contributed by atoms with Gasteiger partial charge in [0, 0.05) is 19.3 Å². The molecule has 1 spiro atoms. The van der Waals surface area contributed by atoms with Gasteiger partial charge in [0.1, 0.15) is 6.10 Å². The molecule has 4 nitrogen and oxygen atoms in total. The van der Waals surface area contributed by atoms with Gasteiger partial charge in [-0.2, -0.15) is 0 Å². The van der Waals surface area contributed by atoms with Crippen LogP contribution in [-0.2, 0) is 19.0 Å². The molecule has 0 aromatic heterocycles. The minimum absolute atomic E-state index is 0.110. The van der Waals surface area contributed by atoms with Crippen LogP contribution >= 0.6 is 0 Å². The minimum Gasteiger partial charge on any atom is -0.463 e. The van der Waals surface area contributed by atoms with Crippen molar-refractivity contribution in [3.05, 3.63) is 12.2 Å². The fourth-order valence-electron chi connectivity index (χ4n) is 10.4. The van der Waals surface area contributed by atoms with Crippen molar-refractivity contribution < 1.29 is 19.0 Å². The number of carbonyl (C=O) groups excluding carboxylic acids is 1. The third-order valence-corrected chi connectivity index (χ3v) is 12.0. The second-order valence-electron chi connectivity index (χ2n) is 13.3. The molecule has 0 radical (unpaired) electrons. The van der Waals surface area contributed by atoms with Crippen molar-refractivity contribution >= 4 is 5.97 Å². The zero-order valence-corrected chi connectivity index (χ0v) is 21.2. The van der Waals surface area contributed by atoms with Crippen LogP contribution in [0.25, 0.3) is 0 Å². The number of fused-ring (bicyclic) bond motifs is 7. The van der Waals surface area contributed by atoms with Gasteiger partial charge in [-0.1, -0.05) is 32.9 Å². The first kappa shape index (κ1) is 22.6. The Bertz CT molecular complexity index is 825. The van der Waals surface area contributed by atoms with Crippen LogP contribution in [0, 0.1) is 46.3 Å². The second-order valence-corrected chi connectivity index (χ2v) is 13.3. The highest BCUT2D eigenvalue weighted by Crippen LogP contribution is 2.71. The molecule has 0 bridgehead atoms. The predicted octanol–water partition coefficient (Wildman–Crippen LogP) is 6.28. The van der Waals surface area contributed by atoms with E-state index in [-0.39, 0.29) is 17.9 Å². The van der Waals surface area contributed by atoms with Crippen molar-refractivity contribution in [1.29, 1.82) is 0 Å². The molecule has 4 aliphatic carbocycles. The van der Waals surface area contributed by atoms with E-state index in [4.69, 9.17) is 14.2 Å². The van der Waals surface area contributed by atoms with Gasteiger partial charge >= 0.3 is 5.97 Å². The summed E-state index contributed by atoms with van der Waals surface area (Å²) in [4.78, 5) is 11.5. The Balaban J connectivity index is 1.21. The SMILES string of the molecule is C=C1CCC2(OC1)OC1CC3C4CCC5CC(OC(C)=O)CCC5(C)C4CCC3(C)C1C2C. The number of hydrogen-bond acceptors (Lipinski definition) is 4. The van der Waals surface area contributed by atoms with Crippen LogP contribution < -0.4 is 0 Å². The lowest BCUT2D eigenvalue weighted by Crippen LogP contribution is -2.55. The van der Waals surface area contributed by atoms with Gasteiger partial charge in [-0.25, -0.2) is 0 Å². The first-order chi connectivity index (χ1) is 15.7. The van der Waals surface area contributed by atoms with Crippen LogP contribution in [-0.4, -0.2) is 30.6 Å². The van der Waals surface area contributed by atoms with Crippen molar-refractivity contribution in [2.45, 2.75) is 110 Å². The largest absolute Gasteiger partial charge is 0.463 e. The van der Waals surface area contributed by atoms with Crippen LogP contribution in [0.5, 0.6) is 0 Å². The second kappa shape index (κ2) is 7.56. The molecular weight excluding hydrogens is 412 g/mol. The molecule has 6 rings (SSSR count). The summed E-state index contributed by atoms with van der Waals surface area (Å²) >= 11 is 0. The highest BCUT2D eigenvalue weighted by atomic mass is 16.7. The summed E-state index contributed by atoms with van der Waals surface area (Å²) in [6.07, 6.45) is 12.5. The van der Waals surface area contributed by atoms with Gasteiger partial charge in [0.15, 0.2) is 5.79 Å². The first-order valence-corrected chi connectivity index (χ1v) is 13.8. The molecular formula is C29H44O4. The van der Waals surface area contributed by atoms with E-state index < -0.39 is 0 Å². The monoisotopic (exact) mass is 456 g/mol. The molecule has 0 N–H and O–H groups in total. The zero-order valence-electron chi connectivity index (χ0n) is 21.2. The van der Waals surface area contributed by atoms with Gasteiger partial charge in [-0.15, -0.1) is 0 Å². The van der Waals surface area contributed by atoms with Crippen LogP contribution in [0.2, 0.25) is 0 Å². The Morgan fingerprint density at radius 1 is 1.03 bits per heavy atom. The van der Waals surface area contributed by atoms with Gasteiger partial charge in [0.25, 0.3) is 0 Å². The van der Waals surface area contributed by atoms with E-state index in [0.717, 1.165) is 43.4 Å². The lowest BCUT2D eigenvalue weighted by molar-refractivity contribution is -0.256. The topological polar surface area (TPSA) is 44.8 Å². The number of esters is 1. The molecule has 0 amide bonds. The first-order valence-electron chi connectivity index (χ1n) is 13.8.